The monoisotopic (exact) mass is 199 g/mol. The fourth-order valence-electron chi connectivity index (χ4n) is 1.76. The summed E-state index contributed by atoms with van der Waals surface area (Å²) in [4.78, 5) is 11.6. The number of carbonyl (C=O) groups excluding carboxylic acids is 1. The lowest BCUT2D eigenvalue weighted by Crippen LogP contribution is -2.24. The summed E-state index contributed by atoms with van der Waals surface area (Å²) in [6.45, 7) is 6.56. The molecule has 3 nitrogen and oxygen atoms in total. The third kappa shape index (κ3) is 3.29. The van der Waals surface area contributed by atoms with Crippen molar-refractivity contribution in [1.82, 2.24) is 5.32 Å². The van der Waals surface area contributed by atoms with E-state index in [1.807, 2.05) is 0 Å². The van der Waals surface area contributed by atoms with Crippen LogP contribution in [0.5, 0.6) is 0 Å². The maximum absolute atomic E-state index is 11.6. The average Bonchev–Trinajstić information content (AvgIpc) is 2.59. The van der Waals surface area contributed by atoms with Gasteiger partial charge in [0, 0.05) is 6.54 Å². The highest BCUT2D eigenvalue weighted by molar-refractivity contribution is 5.73. The molecule has 0 aromatic heterocycles. The third-order valence-corrected chi connectivity index (χ3v) is 2.81. The van der Waals surface area contributed by atoms with Gasteiger partial charge in [0.25, 0.3) is 0 Å². The summed E-state index contributed by atoms with van der Waals surface area (Å²) in [5, 5.41) is 3.20. The van der Waals surface area contributed by atoms with Crippen LogP contribution in [0.3, 0.4) is 0 Å². The molecule has 0 unspecified atom stereocenters. The van der Waals surface area contributed by atoms with Gasteiger partial charge in [0.15, 0.2) is 0 Å². The van der Waals surface area contributed by atoms with Crippen LogP contribution in [0.2, 0.25) is 0 Å². The minimum atomic E-state index is -0.0152. The molecule has 1 aliphatic heterocycles. The number of hydrogen-bond acceptors (Lipinski definition) is 3. The van der Waals surface area contributed by atoms with Crippen molar-refractivity contribution in [2.75, 3.05) is 19.7 Å². The molecule has 0 amide bonds. The Labute approximate surface area is 86.2 Å². The molecule has 0 aromatic carbocycles. The second kappa shape index (κ2) is 6.02. The normalized spacial score (nSPS) is 26.4. The summed E-state index contributed by atoms with van der Waals surface area (Å²) < 4.78 is 5.22. The lowest BCUT2D eigenvalue weighted by molar-refractivity contribution is -0.149. The van der Waals surface area contributed by atoms with E-state index in [4.69, 9.17) is 4.74 Å². The van der Waals surface area contributed by atoms with E-state index in [1.54, 1.807) is 0 Å². The van der Waals surface area contributed by atoms with Crippen molar-refractivity contribution in [3.05, 3.63) is 0 Å². The van der Waals surface area contributed by atoms with Gasteiger partial charge in [-0.05, 0) is 18.9 Å². The predicted molar refractivity (Wildman–Crippen MR) is 56.0 cm³/mol. The lowest BCUT2D eigenvalue weighted by atomic mass is 9.99. The second-order valence-corrected chi connectivity index (χ2v) is 4.12. The molecule has 1 rings (SSSR count). The fraction of sp³-hybridized carbons (Fsp3) is 0.909. The molecule has 0 aromatic rings. The molecule has 1 heterocycles. The first-order chi connectivity index (χ1) is 6.75. The van der Waals surface area contributed by atoms with Crippen molar-refractivity contribution < 1.29 is 9.53 Å². The van der Waals surface area contributed by atoms with Gasteiger partial charge in [-0.2, -0.15) is 0 Å². The number of hydrogen-bond donors (Lipinski definition) is 1. The van der Waals surface area contributed by atoms with Crippen LogP contribution >= 0.6 is 0 Å². The van der Waals surface area contributed by atoms with Crippen molar-refractivity contribution in [3.63, 3.8) is 0 Å². The van der Waals surface area contributed by atoms with Gasteiger partial charge in [0.2, 0.25) is 0 Å². The Hall–Kier alpha value is -0.570. The summed E-state index contributed by atoms with van der Waals surface area (Å²) in [5.74, 6) is 0.490. The number of unbranched alkanes of at least 4 members (excludes halogenated alkanes) is 2. The van der Waals surface area contributed by atoms with Gasteiger partial charge in [0.05, 0.1) is 12.5 Å². The number of carbonyl (C=O) groups is 1. The van der Waals surface area contributed by atoms with Gasteiger partial charge < -0.3 is 10.1 Å². The SMILES string of the molecule is CCCCCOC(=O)[C@@H]1CNC[C@H]1C. The smallest absolute Gasteiger partial charge is 0.310 e. The van der Waals surface area contributed by atoms with E-state index in [0.717, 1.165) is 25.9 Å². The van der Waals surface area contributed by atoms with Gasteiger partial charge in [-0.15, -0.1) is 0 Å². The van der Waals surface area contributed by atoms with E-state index in [1.165, 1.54) is 6.42 Å². The van der Waals surface area contributed by atoms with Crippen molar-refractivity contribution in [3.8, 4) is 0 Å². The van der Waals surface area contributed by atoms with Gasteiger partial charge in [-0.25, -0.2) is 0 Å². The molecule has 0 bridgehead atoms. The van der Waals surface area contributed by atoms with Crippen LogP contribution in [-0.2, 0) is 9.53 Å². The first-order valence-corrected chi connectivity index (χ1v) is 5.63. The maximum atomic E-state index is 11.6. The third-order valence-electron chi connectivity index (χ3n) is 2.81. The Bertz CT molecular complexity index is 182. The maximum Gasteiger partial charge on any atom is 0.310 e. The lowest BCUT2D eigenvalue weighted by Gasteiger charge is -2.12. The summed E-state index contributed by atoms with van der Waals surface area (Å²) in [5.41, 5.74) is 0. The van der Waals surface area contributed by atoms with Crippen LogP contribution < -0.4 is 5.32 Å². The largest absolute Gasteiger partial charge is 0.465 e. The zero-order valence-electron chi connectivity index (χ0n) is 9.21. The Balaban J connectivity index is 2.14. The van der Waals surface area contributed by atoms with E-state index in [2.05, 4.69) is 19.2 Å². The van der Waals surface area contributed by atoms with Gasteiger partial charge in [-0.1, -0.05) is 26.7 Å². The molecule has 0 radical (unpaired) electrons. The van der Waals surface area contributed by atoms with E-state index in [-0.39, 0.29) is 11.9 Å². The average molecular weight is 199 g/mol. The Morgan fingerprint density at radius 1 is 1.43 bits per heavy atom. The summed E-state index contributed by atoms with van der Waals surface area (Å²) in [6, 6.07) is 0. The summed E-state index contributed by atoms with van der Waals surface area (Å²) in [6.07, 6.45) is 3.31. The van der Waals surface area contributed by atoms with Crippen LogP contribution in [0.4, 0.5) is 0 Å². The second-order valence-electron chi connectivity index (χ2n) is 4.12. The molecule has 14 heavy (non-hydrogen) atoms. The number of nitrogens with one attached hydrogen (secondary N) is 1. The number of rotatable bonds is 5. The van der Waals surface area contributed by atoms with Gasteiger partial charge in [-0.3, -0.25) is 4.79 Å². The Morgan fingerprint density at radius 2 is 2.21 bits per heavy atom. The molecule has 82 valence electrons. The molecular formula is C11H21NO2. The zero-order chi connectivity index (χ0) is 10.4. The summed E-state index contributed by atoms with van der Waals surface area (Å²) >= 11 is 0. The molecule has 0 spiro atoms. The topological polar surface area (TPSA) is 38.3 Å². The van der Waals surface area contributed by atoms with Crippen molar-refractivity contribution in [2.45, 2.75) is 33.1 Å². The molecule has 3 heteroatoms. The Kier molecular flexibility index (Phi) is 4.94. The fourth-order valence-corrected chi connectivity index (χ4v) is 1.76. The zero-order valence-corrected chi connectivity index (χ0v) is 9.21. The molecular weight excluding hydrogens is 178 g/mol. The van der Waals surface area contributed by atoms with Crippen LogP contribution in [-0.4, -0.2) is 25.7 Å². The summed E-state index contributed by atoms with van der Waals surface area (Å²) in [7, 11) is 0. The highest BCUT2D eigenvalue weighted by Gasteiger charge is 2.30. The number of ether oxygens (including phenoxy) is 1. The standard InChI is InChI=1S/C11H21NO2/c1-3-4-5-6-14-11(13)10-8-12-7-9(10)2/h9-10,12H,3-8H2,1-2H3/t9-,10-/m1/s1. The quantitative estimate of drug-likeness (QED) is 0.539. The first kappa shape index (κ1) is 11.5. The molecule has 1 aliphatic rings. The van der Waals surface area contributed by atoms with Crippen molar-refractivity contribution in [2.24, 2.45) is 11.8 Å². The first-order valence-electron chi connectivity index (χ1n) is 5.63. The van der Waals surface area contributed by atoms with Crippen LogP contribution in [0.25, 0.3) is 0 Å². The van der Waals surface area contributed by atoms with Crippen molar-refractivity contribution in [1.29, 1.82) is 0 Å². The minimum absolute atomic E-state index is 0.0152. The Morgan fingerprint density at radius 3 is 2.79 bits per heavy atom. The van der Waals surface area contributed by atoms with E-state index >= 15 is 0 Å². The molecule has 1 saturated heterocycles. The van der Waals surface area contributed by atoms with Gasteiger partial charge >= 0.3 is 5.97 Å². The van der Waals surface area contributed by atoms with E-state index in [0.29, 0.717) is 12.5 Å². The molecule has 1 fully saturated rings. The molecule has 0 saturated carbocycles. The highest BCUT2D eigenvalue weighted by atomic mass is 16.5. The highest BCUT2D eigenvalue weighted by Crippen LogP contribution is 2.17. The van der Waals surface area contributed by atoms with E-state index in [9.17, 15) is 4.79 Å². The van der Waals surface area contributed by atoms with Crippen LogP contribution in [0.15, 0.2) is 0 Å². The molecule has 2 atom stereocenters. The van der Waals surface area contributed by atoms with Crippen LogP contribution in [0.1, 0.15) is 33.1 Å². The molecule has 0 aliphatic carbocycles. The number of esters is 1. The van der Waals surface area contributed by atoms with E-state index < -0.39 is 0 Å². The molecule has 1 N–H and O–H groups in total. The van der Waals surface area contributed by atoms with Crippen molar-refractivity contribution >= 4 is 5.97 Å². The van der Waals surface area contributed by atoms with Gasteiger partial charge in [0.1, 0.15) is 0 Å². The predicted octanol–water partition coefficient (Wildman–Crippen LogP) is 1.58. The minimum Gasteiger partial charge on any atom is -0.465 e. The van der Waals surface area contributed by atoms with Crippen LogP contribution in [0, 0.1) is 11.8 Å².